The summed E-state index contributed by atoms with van der Waals surface area (Å²) in [6.07, 6.45) is -0.539. The van der Waals surface area contributed by atoms with Crippen LogP contribution < -0.4 is 20.7 Å². The molecule has 2 heterocycles. The molecule has 4 N–H and O–H groups in total. The van der Waals surface area contributed by atoms with Gasteiger partial charge in [0.05, 0.1) is 28.2 Å². The number of aliphatic hydroxyl groups is 1. The lowest BCUT2D eigenvalue weighted by atomic mass is 10.0. The van der Waals surface area contributed by atoms with Gasteiger partial charge in [-0.25, -0.2) is 9.97 Å². The Labute approximate surface area is 228 Å². The molecule has 1 aliphatic rings. The maximum atomic E-state index is 13.0. The number of carbonyl (C=O) groups excluding carboxylic acids is 1. The number of fused-ring (bicyclic) bond motifs is 1. The highest BCUT2D eigenvalue weighted by molar-refractivity contribution is 6.32. The molecular weight excluding hydrogens is 535 g/mol. The number of ether oxygens (including phenoxy) is 1. The standard InChI is InChI=1S/C27H27ClF3N5O3/c1-26(2,38)13-23(37)33-14-16-8-9-32-24-20(10-16)25(35-15-34-24)36-18-6-7-22(21(28)12-18)39-19-5-3-4-17(11-19)27(29,30)31/h3-7,10-12,15,38H,8-9,13-14H2,1-2H3,(H,33,37)(H2,32,34,35,36). The Morgan fingerprint density at radius 3 is 2.69 bits per heavy atom. The van der Waals surface area contributed by atoms with E-state index in [-0.39, 0.29) is 28.8 Å². The zero-order chi connectivity index (χ0) is 28.2. The first-order valence-electron chi connectivity index (χ1n) is 12.1. The number of amides is 1. The summed E-state index contributed by atoms with van der Waals surface area (Å²) in [4.78, 5) is 20.8. The molecule has 0 bridgehead atoms. The molecule has 206 valence electrons. The molecule has 4 rings (SSSR count). The number of halogens is 4. The number of aromatic nitrogens is 2. The smallest absolute Gasteiger partial charge is 0.416 e. The molecule has 0 spiro atoms. The summed E-state index contributed by atoms with van der Waals surface area (Å²) in [5.41, 5.74) is 0.260. The van der Waals surface area contributed by atoms with Crippen LogP contribution in [0.3, 0.4) is 0 Å². The third-order valence-corrected chi connectivity index (χ3v) is 5.96. The first-order valence-corrected chi connectivity index (χ1v) is 12.4. The molecular formula is C27H27ClF3N5O3. The quantitative estimate of drug-likeness (QED) is 0.261. The normalized spacial score (nSPS) is 13.5. The Hall–Kier alpha value is -3.83. The number of alkyl halides is 3. The van der Waals surface area contributed by atoms with Crippen molar-refractivity contribution in [3.05, 3.63) is 70.5 Å². The summed E-state index contributed by atoms with van der Waals surface area (Å²) in [5, 5.41) is 19.3. The molecule has 0 aliphatic carbocycles. The predicted octanol–water partition coefficient (Wildman–Crippen LogP) is 6.16. The van der Waals surface area contributed by atoms with Gasteiger partial charge in [-0.1, -0.05) is 17.7 Å². The van der Waals surface area contributed by atoms with Crippen molar-refractivity contribution in [2.24, 2.45) is 0 Å². The first kappa shape index (κ1) is 28.2. The van der Waals surface area contributed by atoms with Gasteiger partial charge in [-0.3, -0.25) is 4.79 Å². The number of nitrogens with one attached hydrogen (secondary N) is 3. The molecule has 12 heteroatoms. The summed E-state index contributed by atoms with van der Waals surface area (Å²) in [5.74, 6) is 1.03. The number of hydrogen-bond donors (Lipinski definition) is 4. The topological polar surface area (TPSA) is 108 Å². The number of hydrogen-bond acceptors (Lipinski definition) is 7. The zero-order valence-corrected chi connectivity index (χ0v) is 22.0. The minimum Gasteiger partial charge on any atom is -0.456 e. The zero-order valence-electron chi connectivity index (χ0n) is 21.2. The van der Waals surface area contributed by atoms with Gasteiger partial charge in [0, 0.05) is 18.8 Å². The van der Waals surface area contributed by atoms with E-state index in [1.54, 1.807) is 32.0 Å². The molecule has 0 saturated carbocycles. The minimum absolute atomic E-state index is 0.00642. The largest absolute Gasteiger partial charge is 0.456 e. The third-order valence-electron chi connectivity index (χ3n) is 5.66. The molecule has 3 aromatic rings. The second-order valence-corrected chi connectivity index (χ2v) is 10.0. The van der Waals surface area contributed by atoms with Crippen molar-refractivity contribution < 1.29 is 27.8 Å². The summed E-state index contributed by atoms with van der Waals surface area (Å²) in [6, 6.07) is 9.32. The average molecular weight is 562 g/mol. The Morgan fingerprint density at radius 2 is 1.97 bits per heavy atom. The van der Waals surface area contributed by atoms with E-state index < -0.39 is 17.3 Å². The van der Waals surface area contributed by atoms with Crippen LogP contribution >= 0.6 is 11.6 Å². The van der Waals surface area contributed by atoms with Crippen molar-refractivity contribution >= 4 is 40.9 Å². The molecule has 0 unspecified atom stereocenters. The Morgan fingerprint density at radius 1 is 1.18 bits per heavy atom. The van der Waals surface area contributed by atoms with Crippen LogP contribution in [-0.2, 0) is 11.0 Å². The number of rotatable bonds is 8. The molecule has 0 radical (unpaired) electrons. The molecule has 8 nitrogen and oxygen atoms in total. The van der Waals surface area contributed by atoms with E-state index in [4.69, 9.17) is 16.3 Å². The van der Waals surface area contributed by atoms with Crippen LogP contribution in [0, 0.1) is 0 Å². The second-order valence-electron chi connectivity index (χ2n) is 9.63. The van der Waals surface area contributed by atoms with Crippen LogP contribution in [0.5, 0.6) is 11.5 Å². The molecule has 2 aromatic carbocycles. The van der Waals surface area contributed by atoms with Gasteiger partial charge < -0.3 is 25.8 Å². The van der Waals surface area contributed by atoms with Crippen molar-refractivity contribution in [3.63, 3.8) is 0 Å². The van der Waals surface area contributed by atoms with E-state index in [1.165, 1.54) is 18.5 Å². The fraction of sp³-hybridized carbons (Fsp3) is 0.296. The first-order chi connectivity index (χ1) is 18.4. The van der Waals surface area contributed by atoms with E-state index in [2.05, 4.69) is 25.9 Å². The second kappa shape index (κ2) is 11.5. The van der Waals surface area contributed by atoms with Gasteiger partial charge in [-0.15, -0.1) is 0 Å². The summed E-state index contributed by atoms with van der Waals surface area (Å²) in [7, 11) is 0. The lowest BCUT2D eigenvalue weighted by Gasteiger charge is -2.16. The highest BCUT2D eigenvalue weighted by Crippen LogP contribution is 2.36. The lowest BCUT2D eigenvalue weighted by molar-refractivity contribution is -0.137. The molecule has 39 heavy (non-hydrogen) atoms. The number of anilines is 3. The Balaban J connectivity index is 1.50. The fourth-order valence-electron chi connectivity index (χ4n) is 3.86. The van der Waals surface area contributed by atoms with E-state index in [0.717, 1.165) is 17.7 Å². The van der Waals surface area contributed by atoms with Crippen molar-refractivity contribution in [2.45, 2.75) is 38.5 Å². The molecule has 1 aliphatic heterocycles. The van der Waals surface area contributed by atoms with Crippen molar-refractivity contribution in [2.75, 3.05) is 23.7 Å². The van der Waals surface area contributed by atoms with Gasteiger partial charge >= 0.3 is 6.18 Å². The van der Waals surface area contributed by atoms with E-state index in [0.29, 0.717) is 42.4 Å². The van der Waals surface area contributed by atoms with E-state index in [9.17, 15) is 23.1 Å². The SMILES string of the molecule is CC(C)(O)CC(=O)NCC1=Cc2c(ncnc2Nc2ccc(Oc3cccc(C(F)(F)F)c3)c(Cl)c2)NCC1. The van der Waals surface area contributed by atoms with Crippen molar-refractivity contribution in [1.29, 1.82) is 0 Å². The van der Waals surface area contributed by atoms with Gasteiger partial charge in [-0.05, 0) is 68.3 Å². The molecule has 0 fully saturated rings. The Kier molecular flexibility index (Phi) is 8.31. The summed E-state index contributed by atoms with van der Waals surface area (Å²) < 4.78 is 44.6. The monoisotopic (exact) mass is 561 g/mol. The molecule has 1 aromatic heterocycles. The van der Waals surface area contributed by atoms with Crippen LogP contribution in [0.25, 0.3) is 6.08 Å². The number of benzene rings is 2. The van der Waals surface area contributed by atoms with Gasteiger partial charge in [0.25, 0.3) is 0 Å². The van der Waals surface area contributed by atoms with Crippen molar-refractivity contribution in [1.82, 2.24) is 15.3 Å². The minimum atomic E-state index is -4.49. The average Bonchev–Trinajstić information content (AvgIpc) is 3.06. The Bertz CT molecular complexity index is 1390. The van der Waals surface area contributed by atoms with Crippen LogP contribution in [-0.4, -0.2) is 39.7 Å². The van der Waals surface area contributed by atoms with Crippen LogP contribution in [0.15, 0.2) is 54.4 Å². The van der Waals surface area contributed by atoms with Crippen LogP contribution in [0.4, 0.5) is 30.5 Å². The fourth-order valence-corrected chi connectivity index (χ4v) is 4.08. The number of nitrogens with zero attached hydrogens (tertiary/aromatic N) is 2. The van der Waals surface area contributed by atoms with Gasteiger partial charge in [0.2, 0.25) is 5.91 Å². The number of carbonyl (C=O) groups is 1. The van der Waals surface area contributed by atoms with Gasteiger partial charge in [-0.2, -0.15) is 13.2 Å². The van der Waals surface area contributed by atoms with Crippen molar-refractivity contribution in [3.8, 4) is 11.5 Å². The van der Waals surface area contributed by atoms with E-state index in [1.807, 2.05) is 6.08 Å². The van der Waals surface area contributed by atoms with Gasteiger partial charge in [0.15, 0.2) is 0 Å². The molecule has 0 saturated heterocycles. The van der Waals surface area contributed by atoms with Gasteiger partial charge in [0.1, 0.15) is 29.5 Å². The highest BCUT2D eigenvalue weighted by Gasteiger charge is 2.30. The predicted molar refractivity (Wildman–Crippen MR) is 143 cm³/mol. The summed E-state index contributed by atoms with van der Waals surface area (Å²) >= 11 is 6.38. The van der Waals surface area contributed by atoms with Crippen LogP contribution in [0.2, 0.25) is 5.02 Å². The lowest BCUT2D eigenvalue weighted by Crippen LogP contribution is -2.33. The maximum Gasteiger partial charge on any atom is 0.416 e. The molecule has 1 amide bonds. The van der Waals surface area contributed by atoms with E-state index >= 15 is 0 Å². The third kappa shape index (κ3) is 7.84. The maximum absolute atomic E-state index is 13.0. The molecule has 0 atom stereocenters. The highest BCUT2D eigenvalue weighted by atomic mass is 35.5. The van der Waals surface area contributed by atoms with Crippen LogP contribution in [0.1, 0.15) is 37.8 Å². The summed E-state index contributed by atoms with van der Waals surface area (Å²) in [6.45, 7) is 4.05.